The van der Waals surface area contributed by atoms with E-state index in [2.05, 4.69) is 22.5 Å². The van der Waals surface area contributed by atoms with Gasteiger partial charge in [-0.1, -0.05) is 31.4 Å². The minimum atomic E-state index is -0.356. The van der Waals surface area contributed by atoms with E-state index in [1.807, 2.05) is 25.1 Å². The van der Waals surface area contributed by atoms with Gasteiger partial charge in [-0.25, -0.2) is 5.48 Å². The summed E-state index contributed by atoms with van der Waals surface area (Å²) < 4.78 is 11.2. The molecular weight excluding hydrogens is 356 g/mol. The van der Waals surface area contributed by atoms with Crippen molar-refractivity contribution in [2.24, 2.45) is 0 Å². The van der Waals surface area contributed by atoms with E-state index in [1.165, 1.54) is 37.7 Å². The van der Waals surface area contributed by atoms with Gasteiger partial charge in [0.05, 0.1) is 20.3 Å². The number of nitrogens with one attached hydrogen (secondary N) is 1. The first-order valence-electron chi connectivity index (χ1n) is 10.1. The van der Waals surface area contributed by atoms with Crippen LogP contribution in [0.25, 0.3) is 0 Å². The van der Waals surface area contributed by atoms with Gasteiger partial charge in [-0.3, -0.25) is 14.5 Å². The first-order chi connectivity index (χ1) is 13.7. The number of methoxy groups -OCH3 is 1. The Labute approximate surface area is 166 Å². The average molecular weight is 386 g/mol. The highest BCUT2D eigenvalue weighted by Gasteiger charge is 2.23. The van der Waals surface area contributed by atoms with Crippen molar-refractivity contribution >= 4 is 5.91 Å². The summed E-state index contributed by atoms with van der Waals surface area (Å²) in [7, 11) is 1.69. The molecule has 6 heteroatoms. The molecule has 6 nitrogen and oxygen atoms in total. The number of carbonyl (C=O) groups excluding carboxylic acids is 1. The molecule has 1 aromatic carbocycles. The number of ether oxygens (including phenoxy) is 1. The van der Waals surface area contributed by atoms with Crippen LogP contribution in [0.2, 0.25) is 0 Å². The molecule has 0 spiro atoms. The van der Waals surface area contributed by atoms with Crippen molar-refractivity contribution in [2.45, 2.75) is 58.2 Å². The zero-order chi connectivity index (χ0) is 19.8. The minimum Gasteiger partial charge on any atom is -0.497 e. The summed E-state index contributed by atoms with van der Waals surface area (Å²) in [6.07, 6.45) is 6.23. The molecule has 152 valence electrons. The summed E-state index contributed by atoms with van der Waals surface area (Å²) in [5, 5.41) is 0. The molecule has 1 heterocycles. The van der Waals surface area contributed by atoms with Crippen LogP contribution in [0.3, 0.4) is 0 Å². The van der Waals surface area contributed by atoms with Gasteiger partial charge in [-0.2, -0.15) is 0 Å². The van der Waals surface area contributed by atoms with Gasteiger partial charge in [0, 0.05) is 12.6 Å². The Kier molecular flexibility index (Phi) is 7.51. The molecule has 0 atom stereocenters. The maximum absolute atomic E-state index is 12.0. The molecule has 1 amide bonds. The molecule has 1 aliphatic rings. The number of hydrogen-bond acceptors (Lipinski definition) is 5. The van der Waals surface area contributed by atoms with Gasteiger partial charge >= 0.3 is 5.91 Å². The third-order valence-corrected chi connectivity index (χ3v) is 5.16. The molecule has 3 rings (SSSR count). The highest BCUT2D eigenvalue weighted by molar-refractivity contribution is 5.90. The van der Waals surface area contributed by atoms with Crippen LogP contribution >= 0.6 is 0 Å². The Balaban J connectivity index is 1.72. The second-order valence-electron chi connectivity index (χ2n) is 7.18. The standard InChI is InChI=1S/C22H30N2O4/c1-3-27-23-22(25)21-13-12-20(28-21)16-24(18-9-5-4-6-10-18)15-17-8-7-11-19(14-17)26-2/h7-8,11-14,18H,3-6,9-10,15-16H2,1-2H3,(H,23,25). The summed E-state index contributed by atoms with van der Waals surface area (Å²) in [5.41, 5.74) is 3.58. The van der Waals surface area contributed by atoms with Crippen molar-refractivity contribution in [2.75, 3.05) is 13.7 Å². The second kappa shape index (κ2) is 10.3. The number of hydroxylamine groups is 1. The molecule has 2 aromatic rings. The zero-order valence-corrected chi connectivity index (χ0v) is 16.8. The van der Waals surface area contributed by atoms with Crippen molar-refractivity contribution < 1.29 is 18.8 Å². The number of furan rings is 1. The Morgan fingerprint density at radius 3 is 2.75 bits per heavy atom. The smallest absolute Gasteiger partial charge is 0.310 e. The predicted molar refractivity (Wildman–Crippen MR) is 107 cm³/mol. The quantitative estimate of drug-likeness (QED) is 0.651. The van der Waals surface area contributed by atoms with E-state index in [0.29, 0.717) is 19.2 Å². The number of benzene rings is 1. The molecule has 1 N–H and O–H groups in total. The van der Waals surface area contributed by atoms with E-state index in [4.69, 9.17) is 14.0 Å². The molecular formula is C22H30N2O4. The summed E-state index contributed by atoms with van der Waals surface area (Å²) >= 11 is 0. The Morgan fingerprint density at radius 2 is 2.00 bits per heavy atom. The van der Waals surface area contributed by atoms with Gasteiger partial charge in [-0.15, -0.1) is 0 Å². The molecule has 0 saturated heterocycles. The Hall–Kier alpha value is -2.31. The average Bonchev–Trinajstić information content (AvgIpc) is 3.21. The topological polar surface area (TPSA) is 63.9 Å². The Bertz CT molecular complexity index is 752. The number of nitrogens with zero attached hydrogens (tertiary/aromatic N) is 1. The first-order valence-corrected chi connectivity index (χ1v) is 10.1. The summed E-state index contributed by atoms with van der Waals surface area (Å²) in [6.45, 7) is 3.72. The molecule has 28 heavy (non-hydrogen) atoms. The van der Waals surface area contributed by atoms with Gasteiger partial charge < -0.3 is 9.15 Å². The van der Waals surface area contributed by atoms with Gasteiger partial charge in [0.25, 0.3) is 0 Å². The van der Waals surface area contributed by atoms with Crippen LogP contribution < -0.4 is 10.2 Å². The number of amides is 1. The third-order valence-electron chi connectivity index (χ3n) is 5.16. The largest absolute Gasteiger partial charge is 0.497 e. The van der Waals surface area contributed by atoms with E-state index < -0.39 is 0 Å². The fourth-order valence-corrected chi connectivity index (χ4v) is 3.74. The van der Waals surface area contributed by atoms with Gasteiger partial charge in [-0.05, 0) is 49.6 Å². The van der Waals surface area contributed by atoms with Gasteiger partial charge in [0.2, 0.25) is 0 Å². The summed E-state index contributed by atoms with van der Waals surface area (Å²) in [6, 6.07) is 12.3. The minimum absolute atomic E-state index is 0.272. The normalized spacial score (nSPS) is 15.0. The number of rotatable bonds is 9. The number of hydrogen-bond donors (Lipinski definition) is 1. The monoisotopic (exact) mass is 386 g/mol. The predicted octanol–water partition coefficient (Wildman–Crippen LogP) is 4.30. The lowest BCUT2D eigenvalue weighted by molar-refractivity contribution is 0.0337. The first kappa shape index (κ1) is 20.4. The maximum atomic E-state index is 12.0. The SMILES string of the molecule is CCONC(=O)c1ccc(CN(Cc2cccc(OC)c2)C2CCCCC2)o1. The van der Waals surface area contributed by atoms with Gasteiger partial charge in [0.15, 0.2) is 5.76 Å². The molecule has 1 aromatic heterocycles. The highest BCUT2D eigenvalue weighted by atomic mass is 16.7. The lowest BCUT2D eigenvalue weighted by Gasteiger charge is -2.34. The summed E-state index contributed by atoms with van der Waals surface area (Å²) in [4.78, 5) is 19.4. The molecule has 1 fully saturated rings. The van der Waals surface area contributed by atoms with Crippen LogP contribution in [0, 0.1) is 0 Å². The van der Waals surface area contributed by atoms with Crippen LogP contribution in [-0.2, 0) is 17.9 Å². The van der Waals surface area contributed by atoms with Gasteiger partial charge in [0.1, 0.15) is 11.5 Å². The fraction of sp³-hybridized carbons (Fsp3) is 0.500. The van der Waals surface area contributed by atoms with Crippen LogP contribution in [0.15, 0.2) is 40.8 Å². The molecule has 0 radical (unpaired) electrons. The Morgan fingerprint density at radius 1 is 1.18 bits per heavy atom. The van der Waals surface area contributed by atoms with E-state index in [0.717, 1.165) is 18.1 Å². The molecule has 0 aliphatic heterocycles. The summed E-state index contributed by atoms with van der Waals surface area (Å²) in [5.74, 6) is 1.57. The second-order valence-corrected chi connectivity index (χ2v) is 7.18. The molecule has 0 bridgehead atoms. The van der Waals surface area contributed by atoms with Crippen LogP contribution in [0.4, 0.5) is 0 Å². The van der Waals surface area contributed by atoms with Crippen LogP contribution in [0.1, 0.15) is 60.9 Å². The van der Waals surface area contributed by atoms with Crippen molar-refractivity contribution in [3.8, 4) is 5.75 Å². The van der Waals surface area contributed by atoms with Crippen molar-refractivity contribution in [3.05, 3.63) is 53.5 Å². The van der Waals surface area contributed by atoms with Crippen LogP contribution in [-0.4, -0.2) is 30.6 Å². The van der Waals surface area contributed by atoms with Crippen molar-refractivity contribution in [1.29, 1.82) is 0 Å². The highest BCUT2D eigenvalue weighted by Crippen LogP contribution is 2.27. The van der Waals surface area contributed by atoms with Crippen molar-refractivity contribution in [3.63, 3.8) is 0 Å². The van der Waals surface area contributed by atoms with E-state index in [1.54, 1.807) is 13.2 Å². The molecule has 1 aliphatic carbocycles. The van der Waals surface area contributed by atoms with E-state index in [9.17, 15) is 4.79 Å². The van der Waals surface area contributed by atoms with E-state index in [-0.39, 0.29) is 11.7 Å². The van der Waals surface area contributed by atoms with Crippen LogP contribution in [0.5, 0.6) is 5.75 Å². The molecule has 1 saturated carbocycles. The van der Waals surface area contributed by atoms with E-state index >= 15 is 0 Å². The fourth-order valence-electron chi connectivity index (χ4n) is 3.74. The third kappa shape index (κ3) is 5.59. The zero-order valence-electron chi connectivity index (χ0n) is 16.8. The lowest BCUT2D eigenvalue weighted by atomic mass is 9.93. The van der Waals surface area contributed by atoms with Crippen molar-refractivity contribution in [1.82, 2.24) is 10.4 Å². The lowest BCUT2D eigenvalue weighted by Crippen LogP contribution is -2.35. The molecule has 0 unspecified atom stereocenters. The number of carbonyl (C=O) groups is 1. The maximum Gasteiger partial charge on any atom is 0.310 e.